The van der Waals surface area contributed by atoms with Gasteiger partial charge < -0.3 is 9.84 Å². The lowest BCUT2D eigenvalue weighted by molar-refractivity contribution is -0.176. The Balaban J connectivity index is 1.85. The van der Waals surface area contributed by atoms with E-state index in [2.05, 4.69) is 39.1 Å². The van der Waals surface area contributed by atoms with Gasteiger partial charge in [0.2, 0.25) is 0 Å². The summed E-state index contributed by atoms with van der Waals surface area (Å²) >= 11 is 3.01. The number of aryl methyl sites for hydroxylation is 3. The summed E-state index contributed by atoms with van der Waals surface area (Å²) in [7, 11) is 0. The Bertz CT molecular complexity index is 1010. The van der Waals surface area contributed by atoms with Crippen molar-refractivity contribution in [2.45, 2.75) is 95.5 Å². The fourth-order valence-corrected chi connectivity index (χ4v) is 6.50. The van der Waals surface area contributed by atoms with Gasteiger partial charge in [0.05, 0.1) is 6.61 Å². The van der Waals surface area contributed by atoms with Crippen LogP contribution in [0.15, 0.2) is 28.5 Å². The Morgan fingerprint density at radius 1 is 1.21 bits per heavy atom. The maximum Gasteiger partial charge on any atom is 0.327 e. The first-order chi connectivity index (χ1) is 15.4. The van der Waals surface area contributed by atoms with Crippen molar-refractivity contribution in [3.8, 4) is 0 Å². The number of Topliss-reactive ketones (excluding diaryl/α,β-unsaturated/α-hetero) is 1. The number of benzene rings is 1. The number of esters is 1. The number of hydrogen-bond donors (Lipinski definition) is 1. The van der Waals surface area contributed by atoms with Gasteiger partial charge in [-0.3, -0.25) is 9.59 Å². The minimum atomic E-state index is -0.861. The van der Waals surface area contributed by atoms with Crippen LogP contribution in [0.1, 0.15) is 74.6 Å². The van der Waals surface area contributed by atoms with E-state index in [0.29, 0.717) is 6.42 Å². The number of hydrogen-bond acceptors (Lipinski definition) is 6. The van der Waals surface area contributed by atoms with Crippen molar-refractivity contribution in [3.63, 3.8) is 0 Å². The predicted octanol–water partition coefficient (Wildman–Crippen LogP) is 6.16. The molecule has 1 saturated heterocycles. The molecule has 3 rings (SSSR count). The summed E-state index contributed by atoms with van der Waals surface area (Å²) in [6.45, 7) is 14.4. The van der Waals surface area contributed by atoms with Gasteiger partial charge in [-0.05, 0) is 77.8 Å². The van der Waals surface area contributed by atoms with Crippen molar-refractivity contribution < 1.29 is 19.4 Å². The van der Waals surface area contributed by atoms with Gasteiger partial charge in [0.1, 0.15) is 5.60 Å². The Kier molecular flexibility index (Phi) is 7.82. The van der Waals surface area contributed by atoms with Crippen molar-refractivity contribution in [2.75, 3.05) is 0 Å². The SMILES string of the molecule is Cc1cc(SC2C(=O)CC(CCc3ccsc3C)(C(C)C)OC2=O)c(C(C)(C)C)cc1CO. The maximum absolute atomic E-state index is 13.4. The van der Waals surface area contributed by atoms with Gasteiger partial charge in [0.15, 0.2) is 11.0 Å². The summed E-state index contributed by atoms with van der Waals surface area (Å²) in [6.07, 6.45) is 1.69. The second kappa shape index (κ2) is 9.93. The molecule has 0 radical (unpaired) electrons. The van der Waals surface area contributed by atoms with Crippen LogP contribution in [0.4, 0.5) is 0 Å². The molecule has 1 N–H and O–H groups in total. The highest BCUT2D eigenvalue weighted by atomic mass is 32.2. The molecule has 1 aliphatic heterocycles. The van der Waals surface area contributed by atoms with E-state index in [4.69, 9.17) is 4.74 Å². The first-order valence-electron chi connectivity index (χ1n) is 11.6. The van der Waals surface area contributed by atoms with Crippen LogP contribution in [0.25, 0.3) is 0 Å². The highest BCUT2D eigenvalue weighted by Gasteiger charge is 2.49. The van der Waals surface area contributed by atoms with Crippen LogP contribution >= 0.6 is 23.1 Å². The quantitative estimate of drug-likeness (QED) is 0.374. The van der Waals surface area contributed by atoms with Crippen LogP contribution < -0.4 is 0 Å². The van der Waals surface area contributed by atoms with E-state index in [1.54, 1.807) is 11.3 Å². The Morgan fingerprint density at radius 2 is 1.91 bits per heavy atom. The summed E-state index contributed by atoms with van der Waals surface area (Å²) < 4.78 is 6.11. The number of aliphatic hydroxyl groups is 1. The molecular weight excluding hydrogens is 452 g/mol. The summed E-state index contributed by atoms with van der Waals surface area (Å²) in [4.78, 5) is 28.8. The predicted molar refractivity (Wildman–Crippen MR) is 136 cm³/mol. The smallest absolute Gasteiger partial charge is 0.327 e. The molecule has 33 heavy (non-hydrogen) atoms. The zero-order valence-electron chi connectivity index (χ0n) is 20.8. The Hall–Kier alpha value is -1.63. The molecule has 2 heterocycles. The number of carbonyl (C=O) groups is 2. The number of carbonyl (C=O) groups excluding carboxylic acids is 2. The molecule has 0 saturated carbocycles. The molecule has 0 aliphatic carbocycles. The second-order valence-electron chi connectivity index (χ2n) is 10.5. The van der Waals surface area contributed by atoms with Crippen molar-refractivity contribution in [3.05, 3.63) is 50.7 Å². The van der Waals surface area contributed by atoms with Gasteiger partial charge in [-0.15, -0.1) is 23.1 Å². The molecule has 1 aromatic carbocycles. The number of cyclic esters (lactones) is 1. The summed E-state index contributed by atoms with van der Waals surface area (Å²) in [6, 6.07) is 6.10. The van der Waals surface area contributed by atoms with Gasteiger partial charge in [0, 0.05) is 16.2 Å². The normalized spacial score (nSPS) is 21.5. The molecule has 1 aliphatic rings. The molecule has 0 spiro atoms. The molecule has 0 amide bonds. The van der Waals surface area contributed by atoms with E-state index in [-0.39, 0.29) is 30.1 Å². The van der Waals surface area contributed by atoms with Crippen molar-refractivity contribution in [1.82, 2.24) is 0 Å². The molecule has 2 aromatic rings. The van der Waals surface area contributed by atoms with Crippen LogP contribution in [-0.2, 0) is 32.8 Å². The number of aliphatic hydroxyl groups excluding tert-OH is 1. The molecule has 6 heteroatoms. The largest absolute Gasteiger partial charge is 0.457 e. The van der Waals surface area contributed by atoms with Gasteiger partial charge in [-0.1, -0.05) is 40.7 Å². The van der Waals surface area contributed by atoms with Gasteiger partial charge in [-0.25, -0.2) is 0 Å². The average Bonchev–Trinajstić information content (AvgIpc) is 3.13. The first kappa shape index (κ1) is 26.0. The monoisotopic (exact) mass is 488 g/mol. The standard InChI is InChI=1S/C27H36O4S2/c1-16(2)27(10-8-19-9-11-32-18(19)4)14-22(29)24(25(30)31-27)33-23-12-17(3)20(15-28)13-21(23)26(5,6)7/h9,11-13,16,24,28H,8,10,14-15H2,1-7H3. The lowest BCUT2D eigenvalue weighted by atomic mass is 9.78. The van der Waals surface area contributed by atoms with E-state index in [1.807, 2.05) is 32.9 Å². The summed E-state index contributed by atoms with van der Waals surface area (Å²) in [5.41, 5.74) is 3.15. The van der Waals surface area contributed by atoms with E-state index in [9.17, 15) is 14.7 Å². The number of thioether (sulfide) groups is 1. The summed E-state index contributed by atoms with van der Waals surface area (Å²) in [5.74, 6) is -0.446. The van der Waals surface area contributed by atoms with Crippen LogP contribution in [0, 0.1) is 19.8 Å². The fraction of sp³-hybridized carbons (Fsp3) is 0.556. The van der Waals surface area contributed by atoms with E-state index >= 15 is 0 Å². The van der Waals surface area contributed by atoms with Crippen LogP contribution in [0.5, 0.6) is 0 Å². The molecular formula is C27H36O4S2. The molecule has 2 unspecified atom stereocenters. The minimum absolute atomic E-state index is 0.0369. The number of ether oxygens (including phenoxy) is 1. The third kappa shape index (κ3) is 5.55. The third-order valence-corrected chi connectivity index (χ3v) is 8.95. The van der Waals surface area contributed by atoms with Crippen molar-refractivity contribution in [2.24, 2.45) is 5.92 Å². The maximum atomic E-state index is 13.4. The zero-order valence-corrected chi connectivity index (χ0v) is 22.4. The van der Waals surface area contributed by atoms with Crippen molar-refractivity contribution >= 4 is 34.9 Å². The van der Waals surface area contributed by atoms with E-state index < -0.39 is 16.8 Å². The second-order valence-corrected chi connectivity index (χ2v) is 12.7. The zero-order chi connectivity index (χ0) is 24.6. The highest BCUT2D eigenvalue weighted by Crippen LogP contribution is 2.43. The molecule has 1 aromatic heterocycles. The van der Waals surface area contributed by atoms with Gasteiger partial charge in [-0.2, -0.15) is 0 Å². The van der Waals surface area contributed by atoms with Crippen LogP contribution in [0.3, 0.4) is 0 Å². The molecule has 2 atom stereocenters. The number of thiophene rings is 1. The highest BCUT2D eigenvalue weighted by molar-refractivity contribution is 8.01. The van der Waals surface area contributed by atoms with Gasteiger partial charge in [0.25, 0.3) is 0 Å². The third-order valence-electron chi connectivity index (χ3n) is 6.78. The van der Waals surface area contributed by atoms with Crippen LogP contribution in [0.2, 0.25) is 0 Å². The molecule has 4 nitrogen and oxygen atoms in total. The van der Waals surface area contributed by atoms with E-state index in [0.717, 1.165) is 28.0 Å². The Labute approximate surface area is 206 Å². The summed E-state index contributed by atoms with van der Waals surface area (Å²) in [5, 5.41) is 10.9. The average molecular weight is 489 g/mol. The topological polar surface area (TPSA) is 63.6 Å². The number of rotatable bonds is 7. The lowest BCUT2D eigenvalue weighted by Crippen LogP contribution is -2.52. The van der Waals surface area contributed by atoms with Crippen LogP contribution in [-0.4, -0.2) is 27.7 Å². The lowest BCUT2D eigenvalue weighted by Gasteiger charge is -2.41. The van der Waals surface area contributed by atoms with Crippen molar-refractivity contribution in [1.29, 1.82) is 0 Å². The Morgan fingerprint density at radius 3 is 2.42 bits per heavy atom. The molecule has 180 valence electrons. The molecule has 0 bridgehead atoms. The minimum Gasteiger partial charge on any atom is -0.457 e. The first-order valence-corrected chi connectivity index (χ1v) is 13.3. The molecule has 1 fully saturated rings. The fourth-order valence-electron chi connectivity index (χ4n) is 4.40. The van der Waals surface area contributed by atoms with Gasteiger partial charge >= 0.3 is 5.97 Å². The number of ketones is 1. The van der Waals surface area contributed by atoms with E-state index in [1.165, 1.54) is 22.2 Å².